The number of carbonyl (C=O) groups is 1. The maximum absolute atomic E-state index is 12.3. The van der Waals surface area contributed by atoms with Crippen LogP contribution in [0.2, 0.25) is 5.02 Å². The van der Waals surface area contributed by atoms with E-state index >= 15 is 0 Å². The minimum atomic E-state index is -0.221. The van der Waals surface area contributed by atoms with Crippen molar-refractivity contribution in [2.75, 3.05) is 11.1 Å². The predicted octanol–water partition coefficient (Wildman–Crippen LogP) is 5.79. The third-order valence-corrected chi connectivity index (χ3v) is 6.55. The van der Waals surface area contributed by atoms with Crippen LogP contribution in [0.25, 0.3) is 32.2 Å². The number of carbonyl (C=O) groups excluding carboxylic acids is 1. The van der Waals surface area contributed by atoms with Crippen molar-refractivity contribution in [1.29, 1.82) is 0 Å². The molecule has 0 bridgehead atoms. The summed E-state index contributed by atoms with van der Waals surface area (Å²) < 4.78 is 6.72. The van der Waals surface area contributed by atoms with Gasteiger partial charge in [0.25, 0.3) is 5.22 Å². The molecule has 0 aliphatic heterocycles. The normalized spacial score (nSPS) is 11.0. The lowest BCUT2D eigenvalue weighted by molar-refractivity contribution is -0.113. The summed E-state index contributed by atoms with van der Waals surface area (Å²) in [5.74, 6) is 0.731. The van der Waals surface area contributed by atoms with E-state index in [1.807, 2.05) is 30.3 Å². The number of amides is 1. The highest BCUT2D eigenvalue weighted by Crippen LogP contribution is 2.30. The fourth-order valence-electron chi connectivity index (χ4n) is 2.87. The Morgan fingerprint density at radius 2 is 1.84 bits per heavy atom. The standard InChI is InChI=1S/C22H14ClN5O2S2/c23-15-8-5-13(6-9-15)20-27-28-22(30-20)31-12-19(29)26-18-10-7-14(11-24-18)21-25-16-3-1-2-4-17(16)32-21/h1-11H,12H2,(H,24,26,29). The van der Waals surface area contributed by atoms with Crippen LogP contribution >= 0.6 is 34.7 Å². The molecule has 32 heavy (non-hydrogen) atoms. The second-order valence-electron chi connectivity index (χ2n) is 6.64. The van der Waals surface area contributed by atoms with Crippen LogP contribution in [0.15, 0.2) is 76.5 Å². The number of rotatable bonds is 6. The second-order valence-corrected chi connectivity index (χ2v) is 9.03. The molecule has 3 heterocycles. The van der Waals surface area contributed by atoms with E-state index in [-0.39, 0.29) is 11.7 Å². The number of nitrogens with one attached hydrogen (secondary N) is 1. The maximum Gasteiger partial charge on any atom is 0.277 e. The van der Waals surface area contributed by atoms with E-state index < -0.39 is 0 Å². The highest BCUT2D eigenvalue weighted by atomic mass is 35.5. The topological polar surface area (TPSA) is 93.8 Å². The lowest BCUT2D eigenvalue weighted by Gasteiger charge is -2.03. The molecule has 0 atom stereocenters. The average Bonchev–Trinajstić information content (AvgIpc) is 3.46. The van der Waals surface area contributed by atoms with E-state index in [1.165, 1.54) is 0 Å². The number of hydrogen-bond donors (Lipinski definition) is 1. The van der Waals surface area contributed by atoms with Gasteiger partial charge >= 0.3 is 0 Å². The summed E-state index contributed by atoms with van der Waals surface area (Å²) in [6.45, 7) is 0. The van der Waals surface area contributed by atoms with Crippen molar-refractivity contribution in [3.05, 3.63) is 71.9 Å². The van der Waals surface area contributed by atoms with Crippen molar-refractivity contribution < 1.29 is 9.21 Å². The van der Waals surface area contributed by atoms with Gasteiger partial charge in [-0.2, -0.15) is 0 Å². The van der Waals surface area contributed by atoms with Crippen molar-refractivity contribution in [1.82, 2.24) is 20.2 Å². The number of halogens is 1. The molecule has 5 rings (SSSR count). The van der Waals surface area contributed by atoms with E-state index in [0.29, 0.717) is 22.0 Å². The number of para-hydroxylation sites is 1. The summed E-state index contributed by atoms with van der Waals surface area (Å²) in [5, 5.41) is 12.6. The van der Waals surface area contributed by atoms with Crippen LogP contribution in [0.4, 0.5) is 5.82 Å². The zero-order chi connectivity index (χ0) is 21.9. The number of thiazole rings is 1. The minimum Gasteiger partial charge on any atom is -0.411 e. The molecule has 0 saturated heterocycles. The summed E-state index contributed by atoms with van der Waals surface area (Å²) in [4.78, 5) is 21.2. The lowest BCUT2D eigenvalue weighted by atomic mass is 10.2. The third-order valence-electron chi connectivity index (χ3n) is 4.40. The molecule has 1 amide bonds. The molecule has 2 aromatic carbocycles. The van der Waals surface area contributed by atoms with Crippen molar-refractivity contribution in [2.24, 2.45) is 0 Å². The molecule has 0 saturated carbocycles. The van der Waals surface area contributed by atoms with Gasteiger partial charge in [0.15, 0.2) is 0 Å². The van der Waals surface area contributed by atoms with Gasteiger partial charge in [0.2, 0.25) is 11.8 Å². The largest absolute Gasteiger partial charge is 0.411 e. The number of anilines is 1. The fraction of sp³-hybridized carbons (Fsp3) is 0.0455. The number of nitrogens with zero attached hydrogens (tertiary/aromatic N) is 4. The molecular formula is C22H14ClN5O2S2. The van der Waals surface area contributed by atoms with Crippen LogP contribution in [-0.2, 0) is 4.79 Å². The first-order valence-electron chi connectivity index (χ1n) is 9.48. The number of fused-ring (bicyclic) bond motifs is 1. The molecule has 0 fully saturated rings. The van der Waals surface area contributed by atoms with Gasteiger partial charge in [0.05, 0.1) is 16.0 Å². The van der Waals surface area contributed by atoms with Crippen LogP contribution < -0.4 is 5.32 Å². The Balaban J connectivity index is 1.18. The van der Waals surface area contributed by atoms with Crippen molar-refractivity contribution in [2.45, 2.75) is 5.22 Å². The number of aromatic nitrogens is 4. The monoisotopic (exact) mass is 479 g/mol. The lowest BCUT2D eigenvalue weighted by Crippen LogP contribution is -2.14. The molecule has 5 aromatic rings. The SMILES string of the molecule is O=C(CSc1nnc(-c2ccc(Cl)cc2)o1)Nc1ccc(-c2nc3ccccc3s2)cn1. The summed E-state index contributed by atoms with van der Waals surface area (Å²) in [7, 11) is 0. The Kier molecular flexibility index (Phi) is 5.85. The summed E-state index contributed by atoms with van der Waals surface area (Å²) in [6.07, 6.45) is 1.71. The van der Waals surface area contributed by atoms with E-state index in [4.69, 9.17) is 16.0 Å². The van der Waals surface area contributed by atoms with Crippen LogP contribution in [-0.4, -0.2) is 31.8 Å². The number of pyridine rings is 1. The van der Waals surface area contributed by atoms with E-state index in [1.54, 1.807) is 47.9 Å². The number of benzene rings is 2. The molecule has 0 radical (unpaired) electrons. The van der Waals surface area contributed by atoms with Crippen LogP contribution in [0, 0.1) is 0 Å². The first-order chi connectivity index (χ1) is 15.6. The first-order valence-corrected chi connectivity index (χ1v) is 11.7. The molecule has 158 valence electrons. The van der Waals surface area contributed by atoms with Crippen molar-refractivity contribution in [3.8, 4) is 22.0 Å². The van der Waals surface area contributed by atoms with Crippen molar-refractivity contribution in [3.63, 3.8) is 0 Å². The fourth-order valence-corrected chi connectivity index (χ4v) is 4.52. The second kappa shape index (κ2) is 9.07. The Labute approximate surface area is 195 Å². The summed E-state index contributed by atoms with van der Waals surface area (Å²) >= 11 is 8.65. The molecule has 0 aliphatic rings. The predicted molar refractivity (Wildman–Crippen MR) is 127 cm³/mol. The number of thioether (sulfide) groups is 1. The Morgan fingerprint density at radius 3 is 2.62 bits per heavy atom. The molecule has 1 N–H and O–H groups in total. The molecule has 3 aromatic heterocycles. The smallest absolute Gasteiger partial charge is 0.277 e. The van der Waals surface area contributed by atoms with Gasteiger partial charge in [-0.1, -0.05) is 35.5 Å². The highest BCUT2D eigenvalue weighted by molar-refractivity contribution is 7.99. The van der Waals surface area contributed by atoms with Crippen molar-refractivity contribution >= 4 is 56.6 Å². The zero-order valence-electron chi connectivity index (χ0n) is 16.4. The summed E-state index contributed by atoms with van der Waals surface area (Å²) in [5.41, 5.74) is 2.62. The Morgan fingerprint density at radius 1 is 1.03 bits per heavy atom. The summed E-state index contributed by atoms with van der Waals surface area (Å²) in [6, 6.07) is 18.7. The Hall–Kier alpha value is -3.27. The van der Waals surface area contributed by atoms with Gasteiger partial charge in [0.1, 0.15) is 10.8 Å². The zero-order valence-corrected chi connectivity index (χ0v) is 18.7. The molecule has 0 spiro atoms. The molecule has 7 nitrogen and oxygen atoms in total. The van der Waals surface area contributed by atoms with Gasteiger partial charge in [0, 0.05) is 22.3 Å². The quantitative estimate of drug-likeness (QED) is 0.308. The maximum atomic E-state index is 12.3. The Bertz CT molecular complexity index is 1350. The molecule has 0 aliphatic carbocycles. The first kappa shape index (κ1) is 20.6. The van der Waals surface area contributed by atoms with E-state index in [2.05, 4.69) is 25.5 Å². The molecule has 10 heteroatoms. The van der Waals surface area contributed by atoms with Crippen LogP contribution in [0.1, 0.15) is 0 Å². The van der Waals surface area contributed by atoms with Gasteiger partial charge < -0.3 is 9.73 Å². The molecule has 0 unspecified atom stereocenters. The minimum absolute atomic E-state index is 0.115. The van der Waals surface area contributed by atoms with Gasteiger partial charge in [-0.25, -0.2) is 9.97 Å². The third kappa shape index (κ3) is 4.64. The number of hydrogen-bond acceptors (Lipinski definition) is 8. The van der Waals surface area contributed by atoms with Gasteiger partial charge in [-0.15, -0.1) is 21.5 Å². The van der Waals surface area contributed by atoms with Crippen LogP contribution in [0.3, 0.4) is 0 Å². The van der Waals surface area contributed by atoms with E-state index in [0.717, 1.165) is 38.1 Å². The highest BCUT2D eigenvalue weighted by Gasteiger charge is 2.12. The average molecular weight is 480 g/mol. The van der Waals surface area contributed by atoms with Gasteiger partial charge in [-0.3, -0.25) is 4.79 Å². The van der Waals surface area contributed by atoms with Crippen LogP contribution in [0.5, 0.6) is 0 Å². The molecular weight excluding hydrogens is 466 g/mol. The van der Waals surface area contributed by atoms with E-state index in [9.17, 15) is 4.79 Å². The van der Waals surface area contributed by atoms with Gasteiger partial charge in [-0.05, 0) is 48.5 Å².